The van der Waals surface area contributed by atoms with E-state index in [9.17, 15) is 4.79 Å². The van der Waals surface area contributed by atoms with Crippen LogP contribution in [0.4, 0.5) is 0 Å². The van der Waals surface area contributed by atoms with E-state index in [0.717, 1.165) is 23.2 Å². The number of aldehydes is 1. The normalized spacial score (nSPS) is 16.2. The fraction of sp³-hybridized carbons (Fsp3) is 0.308. The van der Waals surface area contributed by atoms with Gasteiger partial charge in [-0.25, -0.2) is 0 Å². The number of carbonyl (C=O) groups is 1. The molecular weight excluding hydrogens is 188 g/mol. The van der Waals surface area contributed by atoms with E-state index in [1.54, 1.807) is 13.2 Å². The molecule has 2 nitrogen and oxygen atoms in total. The molecule has 2 rings (SSSR count). The molecule has 0 heterocycles. The summed E-state index contributed by atoms with van der Waals surface area (Å²) in [4.78, 5) is 10.5. The van der Waals surface area contributed by atoms with Gasteiger partial charge in [-0.1, -0.05) is 12.1 Å². The molecule has 0 N–H and O–H groups in total. The lowest BCUT2D eigenvalue weighted by Crippen LogP contribution is -1.89. The Hall–Kier alpha value is -1.57. The fourth-order valence-corrected chi connectivity index (χ4v) is 1.72. The van der Waals surface area contributed by atoms with Crippen molar-refractivity contribution in [1.82, 2.24) is 0 Å². The molecule has 0 aromatic heterocycles. The highest BCUT2D eigenvalue weighted by molar-refractivity contribution is 5.83. The van der Waals surface area contributed by atoms with Crippen LogP contribution >= 0.6 is 0 Å². The van der Waals surface area contributed by atoms with Crippen molar-refractivity contribution >= 4 is 11.9 Å². The maximum atomic E-state index is 10.5. The summed E-state index contributed by atoms with van der Waals surface area (Å²) >= 11 is 0. The average Bonchev–Trinajstić information content (AvgIpc) is 3.10. The molecule has 1 aromatic carbocycles. The predicted molar refractivity (Wildman–Crippen MR) is 59.8 cm³/mol. The number of allylic oxidation sites excluding steroid dienone is 2. The van der Waals surface area contributed by atoms with Crippen LogP contribution in [0.25, 0.3) is 5.57 Å². The molecule has 78 valence electrons. The van der Waals surface area contributed by atoms with Crippen LogP contribution < -0.4 is 4.74 Å². The van der Waals surface area contributed by atoms with Crippen molar-refractivity contribution in [3.05, 3.63) is 35.9 Å². The van der Waals surface area contributed by atoms with E-state index in [0.29, 0.717) is 5.92 Å². The third kappa shape index (κ3) is 2.27. The predicted octanol–water partition coefficient (Wildman–Crippen LogP) is 2.69. The molecule has 15 heavy (non-hydrogen) atoms. The van der Waals surface area contributed by atoms with Crippen LogP contribution in [0, 0.1) is 5.92 Å². The number of methoxy groups -OCH3 is 1. The maximum Gasteiger partial charge on any atom is 0.143 e. The van der Waals surface area contributed by atoms with E-state index < -0.39 is 0 Å². The molecule has 0 amide bonds. The van der Waals surface area contributed by atoms with E-state index in [-0.39, 0.29) is 0 Å². The zero-order valence-electron chi connectivity index (χ0n) is 8.77. The van der Waals surface area contributed by atoms with Crippen LogP contribution in [0.2, 0.25) is 0 Å². The van der Waals surface area contributed by atoms with Gasteiger partial charge in [-0.3, -0.25) is 4.79 Å². The number of ether oxygens (including phenoxy) is 1. The topological polar surface area (TPSA) is 26.3 Å². The van der Waals surface area contributed by atoms with E-state index in [1.165, 1.54) is 12.8 Å². The van der Waals surface area contributed by atoms with Crippen molar-refractivity contribution < 1.29 is 9.53 Å². The average molecular weight is 202 g/mol. The summed E-state index contributed by atoms with van der Waals surface area (Å²) in [7, 11) is 1.65. The minimum atomic E-state index is 0.587. The molecule has 1 saturated carbocycles. The molecule has 0 unspecified atom stereocenters. The Morgan fingerprint density at radius 2 is 2.00 bits per heavy atom. The molecule has 0 saturated heterocycles. The second-order valence-electron chi connectivity index (χ2n) is 3.76. The van der Waals surface area contributed by atoms with Crippen molar-refractivity contribution in [3.8, 4) is 5.75 Å². The Kier molecular flexibility index (Phi) is 2.86. The van der Waals surface area contributed by atoms with Crippen LogP contribution in [0.15, 0.2) is 30.3 Å². The highest BCUT2D eigenvalue weighted by atomic mass is 16.5. The Morgan fingerprint density at radius 3 is 2.47 bits per heavy atom. The lowest BCUT2D eigenvalue weighted by molar-refractivity contribution is -0.104. The molecule has 2 heteroatoms. The summed E-state index contributed by atoms with van der Waals surface area (Å²) in [5, 5.41) is 0. The summed E-state index contributed by atoms with van der Waals surface area (Å²) in [6.07, 6.45) is 4.95. The first-order valence-corrected chi connectivity index (χ1v) is 5.15. The summed E-state index contributed by atoms with van der Waals surface area (Å²) in [5.41, 5.74) is 2.29. The largest absolute Gasteiger partial charge is 0.497 e. The van der Waals surface area contributed by atoms with Gasteiger partial charge in [-0.2, -0.15) is 0 Å². The summed E-state index contributed by atoms with van der Waals surface area (Å²) in [5.74, 6) is 1.43. The Labute approximate surface area is 89.6 Å². The van der Waals surface area contributed by atoms with Crippen molar-refractivity contribution in [3.63, 3.8) is 0 Å². The third-order valence-electron chi connectivity index (χ3n) is 2.69. The van der Waals surface area contributed by atoms with Crippen molar-refractivity contribution in [2.24, 2.45) is 5.92 Å². The van der Waals surface area contributed by atoms with Gasteiger partial charge in [0.05, 0.1) is 7.11 Å². The summed E-state index contributed by atoms with van der Waals surface area (Å²) < 4.78 is 5.10. The Morgan fingerprint density at radius 1 is 1.33 bits per heavy atom. The van der Waals surface area contributed by atoms with E-state index in [2.05, 4.69) is 0 Å². The standard InChI is InChI=1S/C13H14O2/c1-15-12-6-4-11(5-7-12)13(8-9-14)10-2-3-10/h4-10H,2-3H2,1H3/b13-8+. The van der Waals surface area contributed by atoms with Crippen molar-refractivity contribution in [2.45, 2.75) is 12.8 Å². The van der Waals surface area contributed by atoms with Crippen molar-refractivity contribution in [2.75, 3.05) is 7.11 Å². The van der Waals surface area contributed by atoms with Crippen LogP contribution in [-0.4, -0.2) is 13.4 Å². The molecule has 1 aliphatic rings. The second kappa shape index (κ2) is 4.30. The fourth-order valence-electron chi connectivity index (χ4n) is 1.72. The lowest BCUT2D eigenvalue weighted by Gasteiger charge is -2.06. The van der Waals surface area contributed by atoms with E-state index in [4.69, 9.17) is 4.74 Å². The number of benzene rings is 1. The van der Waals surface area contributed by atoms with E-state index in [1.807, 2.05) is 24.3 Å². The number of rotatable bonds is 4. The van der Waals surface area contributed by atoms with E-state index >= 15 is 0 Å². The molecule has 0 aliphatic heterocycles. The van der Waals surface area contributed by atoms with Crippen LogP contribution in [0.3, 0.4) is 0 Å². The Balaban J connectivity index is 2.25. The van der Waals surface area contributed by atoms with Gasteiger partial charge in [-0.05, 0) is 48.1 Å². The highest BCUT2D eigenvalue weighted by Gasteiger charge is 2.26. The van der Waals surface area contributed by atoms with Gasteiger partial charge < -0.3 is 4.74 Å². The zero-order chi connectivity index (χ0) is 10.7. The molecule has 0 radical (unpaired) electrons. The summed E-state index contributed by atoms with van der Waals surface area (Å²) in [6.45, 7) is 0. The molecule has 1 aromatic rings. The molecule has 0 atom stereocenters. The molecule has 0 spiro atoms. The first kappa shape index (κ1) is 9.97. The van der Waals surface area contributed by atoms with Crippen LogP contribution in [0.5, 0.6) is 5.75 Å². The number of hydrogen-bond donors (Lipinski definition) is 0. The lowest BCUT2D eigenvalue weighted by atomic mass is 10.0. The second-order valence-corrected chi connectivity index (χ2v) is 3.76. The van der Waals surface area contributed by atoms with Crippen molar-refractivity contribution in [1.29, 1.82) is 0 Å². The highest BCUT2D eigenvalue weighted by Crippen LogP contribution is 2.41. The van der Waals surface area contributed by atoms with Gasteiger partial charge in [0.25, 0.3) is 0 Å². The molecule has 1 fully saturated rings. The van der Waals surface area contributed by atoms with Crippen LogP contribution in [0.1, 0.15) is 18.4 Å². The molecule has 1 aliphatic carbocycles. The molecular formula is C13H14O2. The van der Waals surface area contributed by atoms with Gasteiger partial charge >= 0.3 is 0 Å². The number of hydrogen-bond acceptors (Lipinski definition) is 2. The summed E-state index contributed by atoms with van der Waals surface area (Å²) in [6, 6.07) is 7.87. The van der Waals surface area contributed by atoms with Gasteiger partial charge in [-0.15, -0.1) is 0 Å². The van der Waals surface area contributed by atoms with Gasteiger partial charge in [0.2, 0.25) is 0 Å². The van der Waals surface area contributed by atoms with Gasteiger partial charge in [0, 0.05) is 0 Å². The number of carbonyl (C=O) groups excluding carboxylic acids is 1. The Bertz CT molecular complexity index is 372. The maximum absolute atomic E-state index is 10.5. The minimum absolute atomic E-state index is 0.587. The SMILES string of the molecule is COc1ccc(/C(=C/C=O)C2CC2)cc1. The quantitative estimate of drug-likeness (QED) is 0.554. The monoisotopic (exact) mass is 202 g/mol. The van der Waals surface area contributed by atoms with Gasteiger partial charge in [0.15, 0.2) is 0 Å². The molecule has 0 bridgehead atoms. The first-order valence-electron chi connectivity index (χ1n) is 5.15. The smallest absolute Gasteiger partial charge is 0.143 e. The third-order valence-corrected chi connectivity index (χ3v) is 2.69. The van der Waals surface area contributed by atoms with Gasteiger partial charge in [0.1, 0.15) is 12.0 Å². The minimum Gasteiger partial charge on any atom is -0.497 e. The van der Waals surface area contributed by atoms with Crippen LogP contribution in [-0.2, 0) is 4.79 Å². The zero-order valence-corrected chi connectivity index (χ0v) is 8.77. The first-order chi connectivity index (χ1) is 7.35.